The molecule has 0 unspecified atom stereocenters. The number of halogens is 1. The molecule has 0 aliphatic rings. The quantitative estimate of drug-likeness (QED) is 0.677. The molecule has 0 aliphatic carbocycles. The van der Waals surface area contributed by atoms with E-state index in [1.165, 1.54) is 12.1 Å². The number of hydrogen-bond donors (Lipinski definition) is 1. The van der Waals surface area contributed by atoms with Crippen LogP contribution in [0.2, 0.25) is 0 Å². The summed E-state index contributed by atoms with van der Waals surface area (Å²) >= 11 is 0. The second kappa shape index (κ2) is 7.31. The van der Waals surface area contributed by atoms with Crippen molar-refractivity contribution < 1.29 is 18.3 Å². The van der Waals surface area contributed by atoms with Crippen LogP contribution in [-0.2, 0) is 11.3 Å². The predicted octanol–water partition coefficient (Wildman–Crippen LogP) is 3.19. The van der Waals surface area contributed by atoms with Crippen molar-refractivity contribution in [3.05, 3.63) is 59.7 Å². The molecule has 2 aromatic heterocycles. The summed E-state index contributed by atoms with van der Waals surface area (Å²) in [5.74, 6) is -0.484. The molecular weight excluding hydrogens is 311 g/mol. The first-order chi connectivity index (χ1) is 11.7. The lowest BCUT2D eigenvalue weighted by Crippen LogP contribution is -2.27. The van der Waals surface area contributed by atoms with E-state index >= 15 is 0 Å². The average Bonchev–Trinajstić information content (AvgIpc) is 3.14. The Bertz CT molecular complexity index is 838. The number of aromatic nitrogens is 1. The molecule has 6 heteroatoms. The highest BCUT2D eigenvalue weighted by atomic mass is 19.1. The van der Waals surface area contributed by atoms with Gasteiger partial charge in [0.15, 0.2) is 5.58 Å². The highest BCUT2D eigenvalue weighted by Crippen LogP contribution is 2.22. The maximum absolute atomic E-state index is 13.4. The van der Waals surface area contributed by atoms with Gasteiger partial charge in [0.1, 0.15) is 11.5 Å². The molecule has 0 atom stereocenters. The van der Waals surface area contributed by atoms with Gasteiger partial charge in [-0.05, 0) is 24.1 Å². The van der Waals surface area contributed by atoms with Crippen LogP contribution >= 0.6 is 0 Å². The first-order valence-corrected chi connectivity index (χ1v) is 7.77. The Morgan fingerprint density at radius 3 is 3.00 bits per heavy atom. The summed E-state index contributed by atoms with van der Waals surface area (Å²) in [6.45, 7) is 1.51. The van der Waals surface area contributed by atoms with Gasteiger partial charge in [-0.1, -0.05) is 12.1 Å². The third-order valence-corrected chi connectivity index (χ3v) is 3.80. The van der Waals surface area contributed by atoms with Gasteiger partial charge in [-0.2, -0.15) is 0 Å². The van der Waals surface area contributed by atoms with E-state index in [0.717, 1.165) is 17.5 Å². The number of furan rings is 1. The summed E-state index contributed by atoms with van der Waals surface area (Å²) in [5.41, 5.74) is 2.71. The summed E-state index contributed by atoms with van der Waals surface area (Å²) < 4.78 is 25.6. The third-order valence-electron chi connectivity index (χ3n) is 3.80. The van der Waals surface area contributed by atoms with Gasteiger partial charge in [-0.15, -0.1) is 0 Å². The summed E-state index contributed by atoms with van der Waals surface area (Å²) in [4.78, 5) is 12.5. The zero-order valence-electron chi connectivity index (χ0n) is 13.4. The third kappa shape index (κ3) is 3.49. The average molecular weight is 330 g/mol. The van der Waals surface area contributed by atoms with Gasteiger partial charge < -0.3 is 19.0 Å². The second-order valence-corrected chi connectivity index (χ2v) is 5.52. The van der Waals surface area contributed by atoms with Crippen LogP contribution in [0.4, 0.5) is 4.39 Å². The lowest BCUT2D eigenvalue weighted by atomic mass is 10.2. The predicted molar refractivity (Wildman–Crippen MR) is 88.5 cm³/mol. The van der Waals surface area contributed by atoms with Crippen LogP contribution in [0.5, 0.6) is 0 Å². The molecule has 1 amide bonds. The molecule has 0 radical (unpaired) electrons. The number of ether oxygens (including phenoxy) is 1. The minimum Gasteiger partial charge on any atom is -0.463 e. The van der Waals surface area contributed by atoms with Crippen LogP contribution in [0.15, 0.2) is 47.1 Å². The van der Waals surface area contributed by atoms with Crippen LogP contribution < -0.4 is 5.32 Å². The monoisotopic (exact) mass is 330 g/mol. The Hall–Kier alpha value is -2.60. The van der Waals surface area contributed by atoms with Crippen molar-refractivity contribution in [3.8, 4) is 0 Å². The molecule has 5 nitrogen and oxygen atoms in total. The summed E-state index contributed by atoms with van der Waals surface area (Å²) in [6.07, 6.45) is 2.32. The van der Waals surface area contributed by atoms with Crippen LogP contribution in [0.25, 0.3) is 11.1 Å². The van der Waals surface area contributed by atoms with Gasteiger partial charge in [-0.25, -0.2) is 4.39 Å². The summed E-state index contributed by atoms with van der Waals surface area (Å²) in [7, 11) is 1.63. The molecule has 126 valence electrons. The molecule has 0 spiro atoms. The van der Waals surface area contributed by atoms with Gasteiger partial charge in [0.05, 0.1) is 11.8 Å². The summed E-state index contributed by atoms with van der Waals surface area (Å²) in [5, 5.41) is 2.87. The Kier molecular flexibility index (Phi) is 4.96. The number of rotatable bonds is 7. The Labute approximate surface area is 139 Å². The van der Waals surface area contributed by atoms with Crippen LogP contribution in [0.1, 0.15) is 22.5 Å². The van der Waals surface area contributed by atoms with Gasteiger partial charge in [-0.3, -0.25) is 4.79 Å². The number of hydrogen-bond acceptors (Lipinski definition) is 3. The van der Waals surface area contributed by atoms with Crippen molar-refractivity contribution in [1.29, 1.82) is 0 Å². The van der Waals surface area contributed by atoms with E-state index in [-0.39, 0.29) is 11.7 Å². The van der Waals surface area contributed by atoms with Gasteiger partial charge in [0.2, 0.25) is 0 Å². The molecule has 0 aliphatic heterocycles. The van der Waals surface area contributed by atoms with Crippen LogP contribution in [0.3, 0.4) is 0 Å². The van der Waals surface area contributed by atoms with E-state index in [1.54, 1.807) is 31.6 Å². The van der Waals surface area contributed by atoms with E-state index in [4.69, 9.17) is 9.15 Å². The number of nitrogens with zero attached hydrogens (tertiary/aromatic N) is 1. The fraction of sp³-hybridized carbons (Fsp3) is 0.278. The number of carbonyl (C=O) groups excluding carboxylic acids is 1. The number of nitrogens with one attached hydrogen (secondary N) is 1. The standard InChI is InChI=1S/C18H19FN2O3/c1-23-8-3-7-20-18(22)16-11-17-15(6-9-24-17)21(16)12-13-4-2-5-14(19)10-13/h2,4-6,9-11H,3,7-8,12H2,1H3,(H,20,22). The van der Waals surface area contributed by atoms with Gasteiger partial charge in [0.25, 0.3) is 5.91 Å². The van der Waals surface area contributed by atoms with Crippen molar-refractivity contribution in [1.82, 2.24) is 9.88 Å². The van der Waals surface area contributed by atoms with Gasteiger partial charge in [0, 0.05) is 38.9 Å². The normalized spacial score (nSPS) is 11.1. The summed E-state index contributed by atoms with van der Waals surface area (Å²) in [6, 6.07) is 9.86. The first kappa shape index (κ1) is 16.3. The van der Waals surface area contributed by atoms with Crippen molar-refractivity contribution >= 4 is 17.0 Å². The first-order valence-electron chi connectivity index (χ1n) is 7.77. The number of carbonyl (C=O) groups is 1. The minimum absolute atomic E-state index is 0.186. The SMILES string of the molecule is COCCCNC(=O)c1cc2occc2n1Cc1cccc(F)c1. The fourth-order valence-electron chi connectivity index (χ4n) is 2.66. The molecule has 1 aromatic carbocycles. The molecular formula is C18H19FN2O3. The minimum atomic E-state index is -0.298. The highest BCUT2D eigenvalue weighted by molar-refractivity contribution is 5.97. The van der Waals surface area contributed by atoms with Crippen LogP contribution in [0, 0.1) is 5.82 Å². The second-order valence-electron chi connectivity index (χ2n) is 5.52. The van der Waals surface area contributed by atoms with Crippen molar-refractivity contribution in [2.24, 2.45) is 0 Å². The van der Waals surface area contributed by atoms with Gasteiger partial charge >= 0.3 is 0 Å². The Morgan fingerprint density at radius 2 is 2.21 bits per heavy atom. The van der Waals surface area contributed by atoms with Crippen molar-refractivity contribution in [2.75, 3.05) is 20.3 Å². The number of fused-ring (bicyclic) bond motifs is 1. The molecule has 0 bridgehead atoms. The molecule has 3 aromatic rings. The molecule has 2 heterocycles. The molecule has 3 rings (SSSR count). The zero-order chi connectivity index (χ0) is 16.9. The van der Waals surface area contributed by atoms with E-state index in [2.05, 4.69) is 5.32 Å². The van der Waals surface area contributed by atoms with Crippen molar-refractivity contribution in [3.63, 3.8) is 0 Å². The Morgan fingerprint density at radius 1 is 1.33 bits per heavy atom. The highest BCUT2D eigenvalue weighted by Gasteiger charge is 2.17. The number of benzene rings is 1. The molecule has 24 heavy (non-hydrogen) atoms. The number of amides is 1. The maximum atomic E-state index is 13.4. The lowest BCUT2D eigenvalue weighted by Gasteiger charge is -2.11. The fourth-order valence-corrected chi connectivity index (χ4v) is 2.66. The largest absolute Gasteiger partial charge is 0.463 e. The zero-order valence-corrected chi connectivity index (χ0v) is 13.4. The molecule has 0 fully saturated rings. The van der Waals surface area contributed by atoms with E-state index in [9.17, 15) is 9.18 Å². The van der Waals surface area contributed by atoms with E-state index in [0.29, 0.717) is 31.0 Å². The molecule has 0 saturated heterocycles. The van der Waals surface area contributed by atoms with E-state index < -0.39 is 0 Å². The van der Waals surface area contributed by atoms with Crippen molar-refractivity contribution in [2.45, 2.75) is 13.0 Å². The Balaban J connectivity index is 1.85. The lowest BCUT2D eigenvalue weighted by molar-refractivity contribution is 0.0940. The maximum Gasteiger partial charge on any atom is 0.268 e. The molecule has 0 saturated carbocycles. The smallest absolute Gasteiger partial charge is 0.268 e. The molecule has 1 N–H and O–H groups in total. The van der Waals surface area contributed by atoms with E-state index in [1.807, 2.05) is 10.6 Å². The van der Waals surface area contributed by atoms with Crippen LogP contribution in [-0.4, -0.2) is 30.7 Å². The topological polar surface area (TPSA) is 56.4 Å². The number of methoxy groups -OCH3 is 1.